The van der Waals surface area contributed by atoms with Crippen LogP contribution in [0.25, 0.3) is 6.08 Å². The van der Waals surface area contributed by atoms with Crippen molar-refractivity contribution in [2.75, 3.05) is 11.1 Å². The fraction of sp³-hybridized carbons (Fsp3) is 0.182. The van der Waals surface area contributed by atoms with Gasteiger partial charge in [0.05, 0.1) is 12.3 Å². The number of carbonyl (C=O) groups is 2. The maximum atomic E-state index is 12.2. The first kappa shape index (κ1) is 23.8. The standard InChI is InChI=1S/C22H21Cl2N5O2S/c1-14-7-9-16(11-18(14)24)26-21(31)13-32-22-28-27-19(29(22)2)12-25-20(30)10-8-15-5-3-4-6-17(15)23/h3-11H,12-13H2,1-2H3,(H,25,30)(H,26,31)/b10-8+. The van der Waals surface area contributed by atoms with E-state index in [1.54, 1.807) is 35.9 Å². The van der Waals surface area contributed by atoms with Crippen LogP contribution in [0.1, 0.15) is 17.0 Å². The van der Waals surface area contributed by atoms with Crippen molar-refractivity contribution in [3.05, 3.63) is 75.5 Å². The number of hydrogen-bond acceptors (Lipinski definition) is 5. The monoisotopic (exact) mass is 489 g/mol. The number of anilines is 1. The van der Waals surface area contributed by atoms with Gasteiger partial charge in [0.1, 0.15) is 0 Å². The van der Waals surface area contributed by atoms with Gasteiger partial charge >= 0.3 is 0 Å². The number of nitrogens with one attached hydrogen (secondary N) is 2. The van der Waals surface area contributed by atoms with Crippen molar-refractivity contribution in [1.29, 1.82) is 0 Å². The van der Waals surface area contributed by atoms with Crippen molar-refractivity contribution in [2.24, 2.45) is 7.05 Å². The summed E-state index contributed by atoms with van der Waals surface area (Å²) in [6, 6.07) is 12.6. The summed E-state index contributed by atoms with van der Waals surface area (Å²) in [5.41, 5.74) is 2.34. The molecule has 0 fully saturated rings. The number of hydrogen-bond donors (Lipinski definition) is 2. The first-order chi connectivity index (χ1) is 15.3. The van der Waals surface area contributed by atoms with Gasteiger partial charge in [0.25, 0.3) is 0 Å². The maximum Gasteiger partial charge on any atom is 0.244 e. The number of nitrogens with zero attached hydrogens (tertiary/aromatic N) is 3. The normalized spacial score (nSPS) is 11.0. The smallest absolute Gasteiger partial charge is 0.244 e. The first-order valence-corrected chi connectivity index (χ1v) is 11.3. The number of carbonyl (C=O) groups excluding carboxylic acids is 2. The van der Waals surface area contributed by atoms with Gasteiger partial charge in [0, 0.05) is 28.9 Å². The molecule has 7 nitrogen and oxygen atoms in total. The average molecular weight is 490 g/mol. The van der Waals surface area contributed by atoms with Gasteiger partial charge in [-0.3, -0.25) is 9.59 Å². The van der Waals surface area contributed by atoms with E-state index in [0.29, 0.717) is 26.7 Å². The van der Waals surface area contributed by atoms with E-state index in [2.05, 4.69) is 20.8 Å². The van der Waals surface area contributed by atoms with E-state index in [4.69, 9.17) is 23.2 Å². The Labute approximate surface area is 200 Å². The molecule has 0 aliphatic heterocycles. The number of rotatable bonds is 8. The number of amides is 2. The molecule has 3 aromatic rings. The third kappa shape index (κ3) is 6.59. The summed E-state index contributed by atoms with van der Waals surface area (Å²) in [5, 5.41) is 15.5. The molecule has 0 spiro atoms. The summed E-state index contributed by atoms with van der Waals surface area (Å²) < 4.78 is 1.73. The molecule has 32 heavy (non-hydrogen) atoms. The number of aryl methyl sites for hydroxylation is 1. The Kier molecular flexibility index (Phi) is 8.33. The van der Waals surface area contributed by atoms with Crippen LogP contribution < -0.4 is 10.6 Å². The Hall–Kier alpha value is -2.81. The fourth-order valence-electron chi connectivity index (χ4n) is 2.62. The van der Waals surface area contributed by atoms with Crippen LogP contribution in [0.2, 0.25) is 10.0 Å². The molecule has 0 radical (unpaired) electrons. The molecule has 0 aliphatic carbocycles. The van der Waals surface area contributed by atoms with Gasteiger partial charge in [-0.1, -0.05) is 59.2 Å². The summed E-state index contributed by atoms with van der Waals surface area (Å²) in [6.45, 7) is 2.09. The lowest BCUT2D eigenvalue weighted by atomic mass is 10.2. The predicted molar refractivity (Wildman–Crippen MR) is 129 cm³/mol. The molecule has 0 aliphatic rings. The van der Waals surface area contributed by atoms with Crippen LogP contribution in [0.3, 0.4) is 0 Å². The number of benzene rings is 2. The molecule has 2 aromatic carbocycles. The second-order valence-electron chi connectivity index (χ2n) is 6.83. The van der Waals surface area contributed by atoms with Gasteiger partial charge in [-0.15, -0.1) is 10.2 Å². The van der Waals surface area contributed by atoms with Crippen molar-refractivity contribution in [2.45, 2.75) is 18.6 Å². The summed E-state index contributed by atoms with van der Waals surface area (Å²) in [6.07, 6.45) is 3.06. The Bertz CT molecular complexity index is 1160. The quantitative estimate of drug-likeness (QED) is 0.359. The molecule has 10 heteroatoms. The van der Waals surface area contributed by atoms with Gasteiger partial charge in [0.15, 0.2) is 11.0 Å². The molecule has 0 saturated carbocycles. The molecule has 2 N–H and O–H groups in total. The van der Waals surface area contributed by atoms with Crippen molar-refractivity contribution in [3.63, 3.8) is 0 Å². The fourth-order valence-corrected chi connectivity index (χ4v) is 3.73. The van der Waals surface area contributed by atoms with Crippen molar-refractivity contribution >= 4 is 58.5 Å². The van der Waals surface area contributed by atoms with Gasteiger partial charge in [-0.25, -0.2) is 0 Å². The van der Waals surface area contributed by atoms with Crippen LogP contribution in [0.5, 0.6) is 0 Å². The lowest BCUT2D eigenvalue weighted by Crippen LogP contribution is -2.22. The van der Waals surface area contributed by atoms with Gasteiger partial charge in [0.2, 0.25) is 11.8 Å². The molecule has 1 aromatic heterocycles. The SMILES string of the molecule is Cc1ccc(NC(=O)CSc2nnc(CNC(=O)/C=C/c3ccccc3Cl)n2C)cc1Cl. The van der Waals surface area contributed by atoms with E-state index in [1.807, 2.05) is 31.2 Å². The lowest BCUT2D eigenvalue weighted by Gasteiger charge is -2.07. The van der Waals surface area contributed by atoms with E-state index < -0.39 is 0 Å². The second kappa shape index (κ2) is 11.2. The number of thioether (sulfide) groups is 1. The van der Waals surface area contributed by atoms with Crippen LogP contribution in [0, 0.1) is 6.92 Å². The predicted octanol–water partition coefficient (Wildman–Crippen LogP) is 4.49. The molecule has 0 saturated heterocycles. The highest BCUT2D eigenvalue weighted by atomic mass is 35.5. The largest absolute Gasteiger partial charge is 0.345 e. The molecule has 1 heterocycles. The zero-order chi connectivity index (χ0) is 23.1. The van der Waals surface area contributed by atoms with E-state index in [-0.39, 0.29) is 24.1 Å². The number of aromatic nitrogens is 3. The molecule has 166 valence electrons. The van der Waals surface area contributed by atoms with Crippen LogP contribution in [0.15, 0.2) is 53.7 Å². The van der Waals surface area contributed by atoms with Gasteiger partial charge < -0.3 is 15.2 Å². The van der Waals surface area contributed by atoms with Crippen LogP contribution >= 0.6 is 35.0 Å². The lowest BCUT2D eigenvalue weighted by molar-refractivity contribution is -0.116. The number of halogens is 2. The zero-order valence-electron chi connectivity index (χ0n) is 17.4. The minimum Gasteiger partial charge on any atom is -0.345 e. The Balaban J connectivity index is 1.49. The Morgan fingerprint density at radius 1 is 1.12 bits per heavy atom. The van der Waals surface area contributed by atoms with Crippen molar-refractivity contribution in [3.8, 4) is 0 Å². The highest BCUT2D eigenvalue weighted by Gasteiger charge is 2.12. The summed E-state index contributed by atoms with van der Waals surface area (Å²) in [7, 11) is 1.78. The average Bonchev–Trinajstić information content (AvgIpc) is 3.12. The van der Waals surface area contributed by atoms with E-state index in [0.717, 1.165) is 11.1 Å². The molecule has 0 atom stereocenters. The Morgan fingerprint density at radius 3 is 2.66 bits per heavy atom. The molecule has 2 amide bonds. The van der Waals surface area contributed by atoms with E-state index >= 15 is 0 Å². The molecular formula is C22H21Cl2N5O2S. The maximum absolute atomic E-state index is 12.2. The van der Waals surface area contributed by atoms with E-state index in [9.17, 15) is 9.59 Å². The first-order valence-electron chi connectivity index (χ1n) is 9.61. The molecule has 0 bridgehead atoms. The van der Waals surface area contributed by atoms with Gasteiger partial charge in [-0.2, -0.15) is 0 Å². The molecular weight excluding hydrogens is 469 g/mol. The highest BCUT2D eigenvalue weighted by Crippen LogP contribution is 2.21. The Morgan fingerprint density at radius 2 is 1.91 bits per heavy atom. The molecule has 0 unspecified atom stereocenters. The zero-order valence-corrected chi connectivity index (χ0v) is 19.8. The topological polar surface area (TPSA) is 88.9 Å². The van der Waals surface area contributed by atoms with Crippen LogP contribution in [-0.4, -0.2) is 32.3 Å². The minimum absolute atomic E-state index is 0.157. The van der Waals surface area contributed by atoms with Gasteiger partial charge in [-0.05, 0) is 42.3 Å². The van der Waals surface area contributed by atoms with Crippen molar-refractivity contribution < 1.29 is 9.59 Å². The summed E-state index contributed by atoms with van der Waals surface area (Å²) in [4.78, 5) is 24.3. The highest BCUT2D eigenvalue weighted by molar-refractivity contribution is 7.99. The third-order valence-electron chi connectivity index (χ3n) is 4.45. The van der Waals surface area contributed by atoms with Crippen LogP contribution in [-0.2, 0) is 23.2 Å². The molecule has 3 rings (SSSR count). The summed E-state index contributed by atoms with van der Waals surface area (Å²) in [5.74, 6) is 0.262. The summed E-state index contributed by atoms with van der Waals surface area (Å²) >= 11 is 13.4. The third-order valence-corrected chi connectivity index (χ3v) is 6.22. The van der Waals surface area contributed by atoms with Crippen molar-refractivity contribution in [1.82, 2.24) is 20.1 Å². The van der Waals surface area contributed by atoms with Crippen LogP contribution in [0.4, 0.5) is 5.69 Å². The van der Waals surface area contributed by atoms with E-state index in [1.165, 1.54) is 17.8 Å². The second-order valence-corrected chi connectivity index (χ2v) is 8.59. The minimum atomic E-state index is -0.279.